The van der Waals surface area contributed by atoms with Crippen molar-refractivity contribution >= 4 is 42.3 Å². The molecule has 1 amide bonds. The van der Waals surface area contributed by atoms with Crippen molar-refractivity contribution in [3.05, 3.63) is 34.9 Å². The molecular weight excluding hydrogens is 413 g/mol. The van der Waals surface area contributed by atoms with Crippen molar-refractivity contribution in [2.45, 2.75) is 31.1 Å². The molecule has 2 aliphatic heterocycles. The molecule has 154 valence electrons. The van der Waals surface area contributed by atoms with E-state index in [2.05, 4.69) is 10.2 Å². The van der Waals surface area contributed by atoms with Gasteiger partial charge in [-0.25, -0.2) is 0 Å². The first-order chi connectivity index (χ1) is 12.2. The first-order valence-corrected chi connectivity index (χ1v) is 9.26. The van der Waals surface area contributed by atoms with Gasteiger partial charge in [-0.05, 0) is 24.5 Å². The van der Waals surface area contributed by atoms with Gasteiger partial charge in [0.1, 0.15) is 6.10 Å². The Bertz CT molecular complexity index is 588. The highest BCUT2D eigenvalue weighted by Crippen LogP contribution is 2.28. The Kier molecular flexibility index (Phi) is 10.9. The van der Waals surface area contributed by atoms with Crippen molar-refractivity contribution in [3.8, 4) is 0 Å². The fourth-order valence-corrected chi connectivity index (χ4v) is 3.71. The van der Waals surface area contributed by atoms with Crippen LogP contribution < -0.4 is 11.1 Å². The lowest BCUT2D eigenvalue weighted by molar-refractivity contribution is -0.132. The summed E-state index contributed by atoms with van der Waals surface area (Å²) in [6.45, 7) is 3.98. The van der Waals surface area contributed by atoms with E-state index in [0.29, 0.717) is 31.3 Å². The highest BCUT2D eigenvalue weighted by molar-refractivity contribution is 6.31. The van der Waals surface area contributed by atoms with E-state index >= 15 is 0 Å². The predicted octanol–water partition coefficient (Wildman–Crippen LogP) is 2.18. The van der Waals surface area contributed by atoms with E-state index in [1.165, 1.54) is 0 Å². The molecule has 1 aromatic carbocycles. The van der Waals surface area contributed by atoms with E-state index in [-0.39, 0.29) is 42.9 Å². The molecule has 9 heteroatoms. The minimum Gasteiger partial charge on any atom is -0.379 e. The van der Waals surface area contributed by atoms with Crippen LogP contribution >= 0.6 is 36.4 Å². The number of benzene rings is 1. The van der Waals surface area contributed by atoms with Crippen molar-refractivity contribution < 1.29 is 14.3 Å². The van der Waals surface area contributed by atoms with Crippen molar-refractivity contribution in [1.82, 2.24) is 10.2 Å². The van der Waals surface area contributed by atoms with E-state index in [1.54, 1.807) is 0 Å². The summed E-state index contributed by atoms with van der Waals surface area (Å²) in [5, 5.41) is 3.76. The third kappa shape index (κ3) is 6.46. The van der Waals surface area contributed by atoms with Gasteiger partial charge >= 0.3 is 0 Å². The summed E-state index contributed by atoms with van der Waals surface area (Å²) in [4.78, 5) is 14.8. The number of nitrogens with zero attached hydrogens (tertiary/aromatic N) is 1. The molecule has 2 heterocycles. The second kappa shape index (κ2) is 12.1. The lowest BCUT2D eigenvalue weighted by Gasteiger charge is -2.35. The Morgan fingerprint density at radius 2 is 1.96 bits per heavy atom. The van der Waals surface area contributed by atoms with Gasteiger partial charge in [0.05, 0.1) is 25.4 Å². The number of halogens is 3. The highest BCUT2D eigenvalue weighted by atomic mass is 35.5. The van der Waals surface area contributed by atoms with Crippen LogP contribution in [-0.4, -0.2) is 62.4 Å². The van der Waals surface area contributed by atoms with Crippen LogP contribution in [0.2, 0.25) is 5.02 Å². The molecule has 0 saturated carbocycles. The smallest absolute Gasteiger partial charge is 0.249 e. The number of nitrogens with one attached hydrogen (secondary N) is 1. The summed E-state index contributed by atoms with van der Waals surface area (Å²) >= 11 is 6.41. The van der Waals surface area contributed by atoms with Crippen molar-refractivity contribution in [1.29, 1.82) is 0 Å². The molecule has 0 bridgehead atoms. The molecule has 2 aliphatic rings. The van der Waals surface area contributed by atoms with Gasteiger partial charge in [0, 0.05) is 31.2 Å². The monoisotopic (exact) mass is 439 g/mol. The normalized spacial score (nSPS) is 23.8. The summed E-state index contributed by atoms with van der Waals surface area (Å²) in [6, 6.07) is 7.82. The molecule has 3 atom stereocenters. The Hall–Kier alpha value is -0.600. The number of rotatable bonds is 6. The summed E-state index contributed by atoms with van der Waals surface area (Å²) in [6.07, 6.45) is 1.16. The summed E-state index contributed by atoms with van der Waals surface area (Å²) in [5.41, 5.74) is 6.65. The molecule has 0 aromatic heterocycles. The Labute approximate surface area is 177 Å². The summed E-state index contributed by atoms with van der Waals surface area (Å²) < 4.78 is 11.1. The number of nitrogens with two attached hydrogens (primary N) is 1. The minimum atomic E-state index is -0.398. The van der Waals surface area contributed by atoms with E-state index in [9.17, 15) is 4.79 Å². The predicted molar refractivity (Wildman–Crippen MR) is 111 cm³/mol. The molecule has 6 nitrogen and oxygen atoms in total. The first-order valence-electron chi connectivity index (χ1n) is 8.88. The van der Waals surface area contributed by atoms with Gasteiger partial charge in [-0.3, -0.25) is 9.69 Å². The second-order valence-corrected chi connectivity index (χ2v) is 6.90. The molecule has 1 unspecified atom stereocenters. The molecule has 0 radical (unpaired) electrons. The maximum absolute atomic E-state index is 12.5. The summed E-state index contributed by atoms with van der Waals surface area (Å²) in [5.74, 6) is -0.0683. The second-order valence-electron chi connectivity index (χ2n) is 6.49. The van der Waals surface area contributed by atoms with E-state index < -0.39 is 6.10 Å². The van der Waals surface area contributed by atoms with Gasteiger partial charge in [0.2, 0.25) is 5.91 Å². The van der Waals surface area contributed by atoms with Gasteiger partial charge in [-0.1, -0.05) is 29.8 Å². The molecular formula is C18H28Cl3N3O3. The van der Waals surface area contributed by atoms with Crippen molar-refractivity contribution in [2.75, 3.05) is 39.4 Å². The molecule has 1 aromatic rings. The van der Waals surface area contributed by atoms with Crippen LogP contribution in [0.3, 0.4) is 0 Å². The van der Waals surface area contributed by atoms with Crippen LogP contribution in [0.25, 0.3) is 0 Å². The molecule has 0 aliphatic carbocycles. The van der Waals surface area contributed by atoms with Gasteiger partial charge in [-0.2, -0.15) is 0 Å². The zero-order chi connectivity index (χ0) is 17.6. The lowest BCUT2D eigenvalue weighted by atomic mass is 10.0. The van der Waals surface area contributed by atoms with Crippen LogP contribution in [0.15, 0.2) is 24.3 Å². The van der Waals surface area contributed by atoms with Gasteiger partial charge in [0.15, 0.2) is 0 Å². The molecule has 2 saturated heterocycles. The lowest BCUT2D eigenvalue weighted by Crippen LogP contribution is -2.45. The molecule has 3 N–H and O–H groups in total. The van der Waals surface area contributed by atoms with Crippen LogP contribution in [-0.2, 0) is 14.3 Å². The largest absolute Gasteiger partial charge is 0.379 e. The van der Waals surface area contributed by atoms with Crippen LogP contribution in [0, 0.1) is 0 Å². The number of ether oxygens (including phenoxy) is 2. The van der Waals surface area contributed by atoms with Gasteiger partial charge in [0.25, 0.3) is 0 Å². The zero-order valence-corrected chi connectivity index (χ0v) is 17.5. The van der Waals surface area contributed by atoms with Gasteiger partial charge < -0.3 is 20.5 Å². The first kappa shape index (κ1) is 24.4. The third-order valence-corrected chi connectivity index (χ3v) is 5.23. The van der Waals surface area contributed by atoms with Crippen LogP contribution in [0.5, 0.6) is 0 Å². The quantitative estimate of drug-likeness (QED) is 0.709. The number of hydrogen-bond acceptors (Lipinski definition) is 5. The highest BCUT2D eigenvalue weighted by Gasteiger charge is 2.31. The number of carbonyl (C=O) groups excluding carboxylic acids is 1. The number of morpholine rings is 1. The fraction of sp³-hybridized carbons (Fsp3) is 0.611. The number of amides is 1. The molecule has 3 rings (SSSR count). The standard InChI is InChI=1S/C18H26ClN3O3.2ClH/c19-15-4-2-1-3-14(15)16(22-7-9-24-10-8-22)12-21-18(23)17-6-5-13(11-20)25-17;;/h1-4,13,16-17H,5-12,20H2,(H,21,23);2*1H/t13-,16?,17+;;/m1../s1. The third-order valence-electron chi connectivity index (χ3n) is 4.88. The fourth-order valence-electron chi connectivity index (χ4n) is 3.45. The molecule has 0 spiro atoms. The van der Waals surface area contributed by atoms with E-state index in [4.69, 9.17) is 26.8 Å². The topological polar surface area (TPSA) is 76.8 Å². The molecule has 2 fully saturated rings. The summed E-state index contributed by atoms with van der Waals surface area (Å²) in [7, 11) is 0. The van der Waals surface area contributed by atoms with Crippen LogP contribution in [0.1, 0.15) is 24.4 Å². The average molecular weight is 441 g/mol. The maximum atomic E-state index is 12.5. The van der Waals surface area contributed by atoms with Crippen molar-refractivity contribution in [2.24, 2.45) is 5.73 Å². The van der Waals surface area contributed by atoms with Crippen LogP contribution in [0.4, 0.5) is 0 Å². The van der Waals surface area contributed by atoms with Gasteiger partial charge in [-0.15, -0.1) is 24.8 Å². The van der Waals surface area contributed by atoms with E-state index in [0.717, 1.165) is 31.5 Å². The van der Waals surface area contributed by atoms with Crippen molar-refractivity contribution in [3.63, 3.8) is 0 Å². The zero-order valence-electron chi connectivity index (χ0n) is 15.1. The Balaban J connectivity index is 0.00000182. The SMILES string of the molecule is Cl.Cl.NC[C@H]1CC[C@@H](C(=O)NCC(c2ccccc2Cl)N2CCOCC2)O1. The average Bonchev–Trinajstić information content (AvgIpc) is 3.13. The number of carbonyl (C=O) groups is 1. The Morgan fingerprint density at radius 1 is 1.26 bits per heavy atom. The number of hydrogen-bond donors (Lipinski definition) is 2. The minimum absolute atomic E-state index is 0. The molecule has 27 heavy (non-hydrogen) atoms. The van der Waals surface area contributed by atoms with E-state index in [1.807, 2.05) is 24.3 Å². The maximum Gasteiger partial charge on any atom is 0.249 e. The Morgan fingerprint density at radius 3 is 2.59 bits per heavy atom.